The molecule has 4 heteroatoms. The Kier molecular flexibility index (Phi) is 2.34. The lowest BCUT2D eigenvalue weighted by atomic mass is 9.98. The summed E-state index contributed by atoms with van der Waals surface area (Å²) in [6.07, 6.45) is 3.35. The summed E-state index contributed by atoms with van der Waals surface area (Å²) in [5, 5.41) is 4.09. The van der Waals surface area contributed by atoms with Crippen LogP contribution in [0.1, 0.15) is 25.1 Å². The smallest absolute Gasteiger partial charge is 0.235 e. The maximum absolute atomic E-state index is 10.2. The zero-order valence-electron chi connectivity index (χ0n) is 8.33. The van der Waals surface area contributed by atoms with E-state index in [0.29, 0.717) is 0 Å². The third kappa shape index (κ3) is 1.68. The highest BCUT2D eigenvalue weighted by atomic mass is 16.1. The quantitative estimate of drug-likeness (QED) is 0.507. The predicted molar refractivity (Wildman–Crippen MR) is 49.1 cm³/mol. The van der Waals surface area contributed by atoms with Gasteiger partial charge in [-0.25, -0.2) is 4.79 Å². The van der Waals surface area contributed by atoms with E-state index in [0.717, 1.165) is 11.3 Å². The van der Waals surface area contributed by atoms with E-state index in [1.54, 1.807) is 17.0 Å². The number of hydrogen-bond acceptors (Lipinski definition) is 3. The van der Waals surface area contributed by atoms with Crippen LogP contribution in [0.25, 0.3) is 0 Å². The molecule has 0 aliphatic rings. The Hall–Kier alpha value is -1.41. The standard InChI is InChI=1S/C9H13N3O/c1-7-5-11-12(4)8(7)9(2,3)10-6-13/h5H,1-4H3. The maximum atomic E-state index is 10.2. The molecular formula is C9H13N3O. The fourth-order valence-corrected chi connectivity index (χ4v) is 1.59. The zero-order chi connectivity index (χ0) is 10.1. The van der Waals surface area contributed by atoms with Crippen LogP contribution < -0.4 is 0 Å². The molecular weight excluding hydrogens is 166 g/mol. The van der Waals surface area contributed by atoms with Crippen molar-refractivity contribution in [1.82, 2.24) is 9.78 Å². The SMILES string of the molecule is Cc1cnn(C)c1C(C)(C)N=C=O. The Balaban J connectivity index is 3.27. The number of rotatable bonds is 2. The van der Waals surface area contributed by atoms with Crippen LogP contribution >= 0.6 is 0 Å². The second kappa shape index (κ2) is 3.15. The Bertz CT molecular complexity index is 339. The summed E-state index contributed by atoms with van der Waals surface area (Å²) in [5.74, 6) is 0. The minimum atomic E-state index is -0.545. The van der Waals surface area contributed by atoms with Gasteiger partial charge in [-0.05, 0) is 26.3 Å². The van der Waals surface area contributed by atoms with E-state index in [9.17, 15) is 4.79 Å². The van der Waals surface area contributed by atoms with Crippen LogP contribution in [0.2, 0.25) is 0 Å². The van der Waals surface area contributed by atoms with Crippen molar-refractivity contribution in [3.05, 3.63) is 17.5 Å². The lowest BCUT2D eigenvalue weighted by Gasteiger charge is -2.18. The van der Waals surface area contributed by atoms with Gasteiger partial charge in [-0.2, -0.15) is 10.1 Å². The molecule has 0 unspecified atom stereocenters. The van der Waals surface area contributed by atoms with Crippen molar-refractivity contribution in [3.8, 4) is 0 Å². The van der Waals surface area contributed by atoms with Crippen LogP contribution in [0.3, 0.4) is 0 Å². The maximum Gasteiger partial charge on any atom is 0.235 e. The highest BCUT2D eigenvalue weighted by molar-refractivity contribution is 5.37. The Morgan fingerprint density at radius 3 is 2.62 bits per heavy atom. The first-order valence-electron chi connectivity index (χ1n) is 4.07. The molecule has 0 aliphatic heterocycles. The van der Waals surface area contributed by atoms with Crippen LogP contribution in [0, 0.1) is 6.92 Å². The van der Waals surface area contributed by atoms with Crippen LogP contribution in [0.4, 0.5) is 0 Å². The molecule has 0 saturated heterocycles. The molecule has 1 aromatic heterocycles. The summed E-state index contributed by atoms with van der Waals surface area (Å²) < 4.78 is 1.73. The average Bonchev–Trinajstić information content (AvgIpc) is 2.31. The van der Waals surface area contributed by atoms with E-state index in [4.69, 9.17) is 0 Å². The molecule has 0 fully saturated rings. The molecule has 0 radical (unpaired) electrons. The molecule has 0 amide bonds. The number of aryl methyl sites for hydroxylation is 2. The van der Waals surface area contributed by atoms with Gasteiger partial charge in [0, 0.05) is 7.05 Å². The summed E-state index contributed by atoms with van der Waals surface area (Å²) >= 11 is 0. The average molecular weight is 179 g/mol. The van der Waals surface area contributed by atoms with E-state index in [1.165, 1.54) is 0 Å². The predicted octanol–water partition coefficient (Wildman–Crippen LogP) is 1.30. The third-order valence-corrected chi connectivity index (χ3v) is 2.03. The largest absolute Gasteiger partial charge is 0.270 e. The van der Waals surface area contributed by atoms with Gasteiger partial charge in [0.15, 0.2) is 0 Å². The van der Waals surface area contributed by atoms with Gasteiger partial charge in [0.1, 0.15) is 5.54 Å². The summed E-state index contributed by atoms with van der Waals surface area (Å²) in [5.41, 5.74) is 1.43. The number of hydrogen-bond donors (Lipinski definition) is 0. The van der Waals surface area contributed by atoms with Gasteiger partial charge in [0.2, 0.25) is 6.08 Å². The van der Waals surface area contributed by atoms with Crippen molar-refractivity contribution >= 4 is 6.08 Å². The van der Waals surface area contributed by atoms with Crippen molar-refractivity contribution in [2.24, 2.45) is 12.0 Å². The highest BCUT2D eigenvalue weighted by Crippen LogP contribution is 2.26. The molecule has 0 bridgehead atoms. The first kappa shape index (κ1) is 9.68. The van der Waals surface area contributed by atoms with Gasteiger partial charge in [-0.3, -0.25) is 4.68 Å². The number of aromatic nitrogens is 2. The lowest BCUT2D eigenvalue weighted by molar-refractivity contribution is 0.484. The summed E-state index contributed by atoms with van der Waals surface area (Å²) in [7, 11) is 1.84. The molecule has 1 aromatic rings. The van der Waals surface area contributed by atoms with Crippen molar-refractivity contribution in [2.75, 3.05) is 0 Å². The normalized spacial score (nSPS) is 11.1. The Morgan fingerprint density at radius 1 is 1.62 bits per heavy atom. The van der Waals surface area contributed by atoms with E-state index in [-0.39, 0.29) is 0 Å². The minimum Gasteiger partial charge on any atom is -0.270 e. The molecule has 70 valence electrons. The molecule has 4 nitrogen and oxygen atoms in total. The molecule has 1 rings (SSSR count). The molecule has 0 spiro atoms. The van der Waals surface area contributed by atoms with Gasteiger partial charge in [0.25, 0.3) is 0 Å². The van der Waals surface area contributed by atoms with Gasteiger partial charge in [-0.1, -0.05) is 0 Å². The van der Waals surface area contributed by atoms with Crippen LogP contribution in [0.15, 0.2) is 11.2 Å². The first-order chi connectivity index (χ1) is 5.99. The van der Waals surface area contributed by atoms with Gasteiger partial charge >= 0.3 is 0 Å². The summed E-state index contributed by atoms with van der Waals surface area (Å²) in [4.78, 5) is 14.0. The fraction of sp³-hybridized carbons (Fsp3) is 0.556. The van der Waals surface area contributed by atoms with E-state index < -0.39 is 5.54 Å². The monoisotopic (exact) mass is 179 g/mol. The van der Waals surface area contributed by atoms with Crippen molar-refractivity contribution < 1.29 is 4.79 Å². The zero-order valence-corrected chi connectivity index (χ0v) is 8.33. The molecule has 0 aliphatic carbocycles. The first-order valence-corrected chi connectivity index (χ1v) is 4.07. The van der Waals surface area contributed by atoms with Crippen LogP contribution in [-0.4, -0.2) is 15.9 Å². The number of aliphatic imine (C=N–C) groups is 1. The van der Waals surface area contributed by atoms with Crippen LogP contribution in [-0.2, 0) is 17.4 Å². The molecule has 0 aromatic carbocycles. The lowest BCUT2D eigenvalue weighted by Crippen LogP contribution is -2.19. The van der Waals surface area contributed by atoms with Crippen LogP contribution in [0.5, 0.6) is 0 Å². The minimum absolute atomic E-state index is 0.545. The molecule has 0 atom stereocenters. The number of isocyanates is 1. The second-order valence-electron chi connectivity index (χ2n) is 3.56. The molecule has 0 saturated carbocycles. The van der Waals surface area contributed by atoms with Crippen molar-refractivity contribution in [1.29, 1.82) is 0 Å². The summed E-state index contributed by atoms with van der Waals surface area (Å²) in [6.45, 7) is 5.67. The molecule has 1 heterocycles. The second-order valence-corrected chi connectivity index (χ2v) is 3.56. The van der Waals surface area contributed by atoms with Crippen molar-refractivity contribution in [3.63, 3.8) is 0 Å². The molecule has 13 heavy (non-hydrogen) atoms. The summed E-state index contributed by atoms with van der Waals surface area (Å²) in [6, 6.07) is 0. The van der Waals surface area contributed by atoms with E-state index in [2.05, 4.69) is 10.1 Å². The Labute approximate surface area is 77.3 Å². The Morgan fingerprint density at radius 2 is 2.23 bits per heavy atom. The van der Waals surface area contributed by atoms with E-state index >= 15 is 0 Å². The third-order valence-electron chi connectivity index (χ3n) is 2.03. The van der Waals surface area contributed by atoms with Gasteiger partial charge < -0.3 is 0 Å². The number of carbonyl (C=O) groups excluding carboxylic acids is 1. The molecule has 0 N–H and O–H groups in total. The van der Waals surface area contributed by atoms with Crippen molar-refractivity contribution in [2.45, 2.75) is 26.3 Å². The van der Waals surface area contributed by atoms with Gasteiger partial charge in [0.05, 0.1) is 11.9 Å². The van der Waals surface area contributed by atoms with E-state index in [1.807, 2.05) is 27.8 Å². The number of nitrogens with zero attached hydrogens (tertiary/aromatic N) is 3. The van der Waals surface area contributed by atoms with Gasteiger partial charge in [-0.15, -0.1) is 0 Å². The fourth-order valence-electron chi connectivity index (χ4n) is 1.59. The topological polar surface area (TPSA) is 47.2 Å². The highest BCUT2D eigenvalue weighted by Gasteiger charge is 2.25.